The van der Waals surface area contributed by atoms with Gasteiger partial charge in [-0.25, -0.2) is 0 Å². The van der Waals surface area contributed by atoms with E-state index in [9.17, 15) is 0 Å². The van der Waals surface area contributed by atoms with Gasteiger partial charge in [0.15, 0.2) is 0 Å². The molecule has 0 bridgehead atoms. The molecule has 0 heterocycles. The Morgan fingerprint density at radius 1 is 1.38 bits per heavy atom. The van der Waals surface area contributed by atoms with Crippen molar-refractivity contribution in [2.75, 3.05) is 33.2 Å². The van der Waals surface area contributed by atoms with Gasteiger partial charge in [-0.15, -0.1) is 0 Å². The highest BCUT2D eigenvalue weighted by atomic mass is 15.1. The van der Waals surface area contributed by atoms with E-state index < -0.39 is 0 Å². The Labute approximate surface area is 83.0 Å². The van der Waals surface area contributed by atoms with Crippen LogP contribution in [0.2, 0.25) is 0 Å². The molecule has 2 heteroatoms. The molecule has 0 aliphatic carbocycles. The molecular formula is C11H24N2. The van der Waals surface area contributed by atoms with Gasteiger partial charge >= 0.3 is 0 Å². The third-order valence-corrected chi connectivity index (χ3v) is 1.86. The average Bonchev–Trinajstić information content (AvgIpc) is 2.02. The highest BCUT2D eigenvalue weighted by Crippen LogP contribution is 1.93. The summed E-state index contributed by atoms with van der Waals surface area (Å²) in [5, 5.41) is 3.39. The Kier molecular flexibility index (Phi) is 8.05. The molecule has 0 saturated heterocycles. The maximum absolute atomic E-state index is 3.90. The Morgan fingerprint density at radius 2 is 2.08 bits per heavy atom. The van der Waals surface area contributed by atoms with Crippen LogP contribution in [0.1, 0.15) is 26.7 Å². The molecule has 2 nitrogen and oxygen atoms in total. The highest BCUT2D eigenvalue weighted by Gasteiger charge is 1.96. The van der Waals surface area contributed by atoms with Crippen molar-refractivity contribution < 1.29 is 0 Å². The topological polar surface area (TPSA) is 15.3 Å². The van der Waals surface area contributed by atoms with Gasteiger partial charge in [-0.1, -0.05) is 19.1 Å². The first-order valence-corrected chi connectivity index (χ1v) is 5.20. The Balaban J connectivity index is 3.17. The van der Waals surface area contributed by atoms with Crippen molar-refractivity contribution in [2.24, 2.45) is 0 Å². The number of nitrogens with one attached hydrogen (secondary N) is 1. The minimum Gasteiger partial charge on any atom is -0.317 e. The van der Waals surface area contributed by atoms with Gasteiger partial charge in [-0.3, -0.25) is 0 Å². The summed E-state index contributed by atoms with van der Waals surface area (Å²) >= 11 is 0. The van der Waals surface area contributed by atoms with Crippen LogP contribution in [0.5, 0.6) is 0 Å². The van der Waals surface area contributed by atoms with Gasteiger partial charge in [0.1, 0.15) is 0 Å². The van der Waals surface area contributed by atoms with E-state index in [0.29, 0.717) is 0 Å². The molecule has 0 aromatic heterocycles. The smallest absolute Gasteiger partial charge is 0.0184 e. The molecule has 78 valence electrons. The molecule has 0 atom stereocenters. The van der Waals surface area contributed by atoms with Crippen LogP contribution >= 0.6 is 0 Å². The summed E-state index contributed by atoms with van der Waals surface area (Å²) in [5.41, 5.74) is 1.24. The molecule has 0 aliphatic rings. The van der Waals surface area contributed by atoms with Gasteiger partial charge in [0, 0.05) is 6.54 Å². The summed E-state index contributed by atoms with van der Waals surface area (Å²) in [6.45, 7) is 12.6. The van der Waals surface area contributed by atoms with Crippen LogP contribution in [0.15, 0.2) is 12.2 Å². The zero-order valence-electron chi connectivity index (χ0n) is 9.40. The van der Waals surface area contributed by atoms with Crippen molar-refractivity contribution in [1.29, 1.82) is 0 Å². The van der Waals surface area contributed by atoms with Crippen LogP contribution in [0, 0.1) is 0 Å². The summed E-state index contributed by atoms with van der Waals surface area (Å²) in [5.74, 6) is 0. The molecule has 0 amide bonds. The van der Waals surface area contributed by atoms with Crippen LogP contribution in [0.25, 0.3) is 0 Å². The van der Waals surface area contributed by atoms with Crippen molar-refractivity contribution in [3.05, 3.63) is 12.2 Å². The molecule has 0 aliphatic heterocycles. The third kappa shape index (κ3) is 9.57. The maximum atomic E-state index is 3.90. The fourth-order valence-corrected chi connectivity index (χ4v) is 1.32. The van der Waals surface area contributed by atoms with E-state index in [4.69, 9.17) is 0 Å². The van der Waals surface area contributed by atoms with Gasteiger partial charge in [0.2, 0.25) is 0 Å². The summed E-state index contributed by atoms with van der Waals surface area (Å²) in [6.07, 6.45) is 2.45. The maximum Gasteiger partial charge on any atom is 0.0184 e. The average molecular weight is 184 g/mol. The fourth-order valence-electron chi connectivity index (χ4n) is 1.32. The second-order valence-corrected chi connectivity index (χ2v) is 3.80. The summed E-state index contributed by atoms with van der Waals surface area (Å²) in [6, 6.07) is 0. The molecule has 0 saturated carbocycles. The number of likely N-dealkylation sites (N-methyl/N-ethyl adjacent to an activating group) is 1. The first-order chi connectivity index (χ1) is 6.16. The van der Waals surface area contributed by atoms with E-state index in [1.54, 1.807) is 0 Å². The quantitative estimate of drug-likeness (QED) is 0.458. The molecule has 0 aromatic rings. The van der Waals surface area contributed by atoms with Gasteiger partial charge in [0.05, 0.1) is 0 Å². The second-order valence-electron chi connectivity index (χ2n) is 3.80. The van der Waals surface area contributed by atoms with E-state index in [0.717, 1.165) is 26.2 Å². The number of hydrogen-bond acceptors (Lipinski definition) is 2. The molecule has 0 radical (unpaired) electrons. The minimum absolute atomic E-state index is 1.02. The normalized spacial score (nSPS) is 10.8. The first kappa shape index (κ1) is 12.7. The molecule has 0 unspecified atom stereocenters. The van der Waals surface area contributed by atoms with Crippen molar-refractivity contribution >= 4 is 0 Å². The molecule has 0 rings (SSSR count). The molecule has 0 fully saturated rings. The zero-order valence-corrected chi connectivity index (χ0v) is 9.40. The van der Waals surface area contributed by atoms with Crippen LogP contribution in [-0.2, 0) is 0 Å². The summed E-state index contributed by atoms with van der Waals surface area (Å²) in [4.78, 5) is 2.32. The van der Waals surface area contributed by atoms with E-state index in [1.807, 2.05) is 0 Å². The largest absolute Gasteiger partial charge is 0.317 e. The molecule has 0 aromatic carbocycles. The van der Waals surface area contributed by atoms with Crippen molar-refractivity contribution in [2.45, 2.75) is 26.7 Å². The van der Waals surface area contributed by atoms with Gasteiger partial charge in [-0.05, 0) is 46.4 Å². The fraction of sp³-hybridized carbons (Fsp3) is 0.818. The Bertz CT molecular complexity index is 132. The molecule has 1 N–H and O–H groups in total. The van der Waals surface area contributed by atoms with Crippen molar-refractivity contribution in [3.8, 4) is 0 Å². The standard InChI is InChI=1S/C11H24N2/c1-5-7-12-8-6-9-13(4)10-11(2)3/h12H,2,5-10H2,1,3-4H3. The lowest BCUT2D eigenvalue weighted by Gasteiger charge is -2.16. The van der Waals surface area contributed by atoms with Gasteiger partial charge in [0.25, 0.3) is 0 Å². The van der Waals surface area contributed by atoms with Crippen molar-refractivity contribution in [3.63, 3.8) is 0 Å². The predicted molar refractivity (Wildman–Crippen MR) is 60.1 cm³/mol. The first-order valence-electron chi connectivity index (χ1n) is 5.20. The lowest BCUT2D eigenvalue weighted by Crippen LogP contribution is -2.25. The molecule has 0 spiro atoms. The minimum atomic E-state index is 1.02. The van der Waals surface area contributed by atoms with E-state index in [-0.39, 0.29) is 0 Å². The van der Waals surface area contributed by atoms with Gasteiger partial charge < -0.3 is 10.2 Å². The van der Waals surface area contributed by atoms with Crippen LogP contribution < -0.4 is 5.32 Å². The SMILES string of the molecule is C=C(C)CN(C)CCCNCCC. The second kappa shape index (κ2) is 8.27. The monoisotopic (exact) mass is 184 g/mol. The number of nitrogens with zero attached hydrogens (tertiary/aromatic N) is 1. The van der Waals surface area contributed by atoms with Crippen LogP contribution in [-0.4, -0.2) is 38.1 Å². The van der Waals surface area contributed by atoms with Crippen LogP contribution in [0.4, 0.5) is 0 Å². The summed E-state index contributed by atoms with van der Waals surface area (Å²) < 4.78 is 0. The Morgan fingerprint density at radius 3 is 2.62 bits per heavy atom. The Hall–Kier alpha value is -0.340. The lowest BCUT2D eigenvalue weighted by atomic mass is 10.3. The number of rotatable bonds is 8. The third-order valence-electron chi connectivity index (χ3n) is 1.86. The lowest BCUT2D eigenvalue weighted by molar-refractivity contribution is 0.353. The van der Waals surface area contributed by atoms with E-state index in [1.165, 1.54) is 18.4 Å². The molecule has 13 heavy (non-hydrogen) atoms. The van der Waals surface area contributed by atoms with Gasteiger partial charge in [-0.2, -0.15) is 0 Å². The van der Waals surface area contributed by atoms with Crippen LogP contribution in [0.3, 0.4) is 0 Å². The van der Waals surface area contributed by atoms with E-state index >= 15 is 0 Å². The molecular weight excluding hydrogens is 160 g/mol. The van der Waals surface area contributed by atoms with Crippen molar-refractivity contribution in [1.82, 2.24) is 10.2 Å². The highest BCUT2D eigenvalue weighted by molar-refractivity contribution is 4.90. The van der Waals surface area contributed by atoms with E-state index in [2.05, 4.69) is 37.7 Å². The predicted octanol–water partition coefficient (Wildman–Crippen LogP) is 1.88. The number of hydrogen-bond donors (Lipinski definition) is 1. The zero-order chi connectivity index (χ0) is 10.1. The summed E-state index contributed by atoms with van der Waals surface area (Å²) in [7, 11) is 2.15.